The number of carboxylic acid groups (broad SMARTS) is 1. The van der Waals surface area contributed by atoms with E-state index in [1.165, 1.54) is 6.08 Å². The molecule has 0 saturated heterocycles. The fourth-order valence-electron chi connectivity index (χ4n) is 2.61. The van der Waals surface area contributed by atoms with E-state index in [0.717, 1.165) is 16.7 Å². The Balaban J connectivity index is 2.03. The summed E-state index contributed by atoms with van der Waals surface area (Å²) in [5.41, 5.74) is 2.77. The van der Waals surface area contributed by atoms with Crippen molar-refractivity contribution >= 4 is 16.0 Å². The van der Waals surface area contributed by atoms with E-state index in [9.17, 15) is 13.2 Å². The predicted octanol–water partition coefficient (Wildman–Crippen LogP) is 1.75. The molecule has 1 aliphatic carbocycles. The van der Waals surface area contributed by atoms with Crippen molar-refractivity contribution < 1.29 is 18.3 Å². The molecule has 0 bridgehead atoms. The van der Waals surface area contributed by atoms with E-state index in [1.807, 2.05) is 32.0 Å². The van der Waals surface area contributed by atoms with E-state index >= 15 is 0 Å². The van der Waals surface area contributed by atoms with Gasteiger partial charge in [0.15, 0.2) is 0 Å². The molecule has 21 heavy (non-hydrogen) atoms. The van der Waals surface area contributed by atoms with Crippen LogP contribution >= 0.6 is 0 Å². The zero-order chi connectivity index (χ0) is 15.6. The van der Waals surface area contributed by atoms with Gasteiger partial charge in [-0.1, -0.05) is 41.5 Å². The molecule has 0 fully saturated rings. The standard InChI is InChI=1S/C15H19NO4S/c1-10-5-11(2)7-12(6-10)9-21(19,20)16-14-4-3-13(8-14)15(17)18/h3-7,13-14,16H,8-9H2,1-2H3,(H,17,18). The average molecular weight is 309 g/mol. The largest absolute Gasteiger partial charge is 0.481 e. The van der Waals surface area contributed by atoms with Crippen molar-refractivity contribution in [2.24, 2.45) is 5.92 Å². The van der Waals surface area contributed by atoms with Gasteiger partial charge in [-0.25, -0.2) is 13.1 Å². The fourth-order valence-corrected chi connectivity index (χ4v) is 3.94. The molecule has 0 saturated carbocycles. The lowest BCUT2D eigenvalue weighted by atomic mass is 10.1. The molecule has 2 rings (SSSR count). The van der Waals surface area contributed by atoms with Crippen LogP contribution in [-0.4, -0.2) is 25.5 Å². The molecule has 1 aromatic carbocycles. The molecule has 0 aliphatic heterocycles. The molecule has 114 valence electrons. The highest BCUT2D eigenvalue weighted by Crippen LogP contribution is 2.19. The van der Waals surface area contributed by atoms with Crippen LogP contribution in [0.25, 0.3) is 0 Å². The number of benzene rings is 1. The number of carboxylic acids is 1. The van der Waals surface area contributed by atoms with Crippen LogP contribution in [-0.2, 0) is 20.6 Å². The number of aliphatic carboxylic acids is 1. The van der Waals surface area contributed by atoms with E-state index in [2.05, 4.69) is 4.72 Å². The number of carbonyl (C=O) groups is 1. The van der Waals surface area contributed by atoms with Crippen molar-refractivity contribution in [1.29, 1.82) is 0 Å². The van der Waals surface area contributed by atoms with Gasteiger partial charge in [0.05, 0.1) is 11.7 Å². The summed E-state index contributed by atoms with van der Waals surface area (Å²) in [5, 5.41) is 8.90. The van der Waals surface area contributed by atoms with Gasteiger partial charge in [0.25, 0.3) is 0 Å². The Kier molecular flexibility index (Phi) is 4.49. The Hall–Kier alpha value is -1.66. The second-order valence-electron chi connectivity index (χ2n) is 5.54. The zero-order valence-electron chi connectivity index (χ0n) is 12.0. The monoisotopic (exact) mass is 309 g/mol. The van der Waals surface area contributed by atoms with Crippen molar-refractivity contribution in [1.82, 2.24) is 4.72 Å². The topological polar surface area (TPSA) is 83.5 Å². The van der Waals surface area contributed by atoms with E-state index < -0.39 is 28.0 Å². The quantitative estimate of drug-likeness (QED) is 0.812. The summed E-state index contributed by atoms with van der Waals surface area (Å²) in [7, 11) is -3.49. The first kappa shape index (κ1) is 15.7. The first-order valence-corrected chi connectivity index (χ1v) is 8.39. The third-order valence-corrected chi connectivity index (χ3v) is 4.75. The van der Waals surface area contributed by atoms with Gasteiger partial charge in [-0.05, 0) is 25.8 Å². The number of rotatable bonds is 5. The molecule has 0 radical (unpaired) electrons. The third-order valence-electron chi connectivity index (χ3n) is 3.37. The molecule has 0 heterocycles. The zero-order valence-corrected chi connectivity index (χ0v) is 12.9. The number of aryl methyl sites for hydroxylation is 2. The van der Waals surface area contributed by atoms with Crippen LogP contribution in [0, 0.1) is 19.8 Å². The van der Waals surface area contributed by atoms with Gasteiger partial charge in [-0.15, -0.1) is 0 Å². The molecular weight excluding hydrogens is 290 g/mol. The van der Waals surface area contributed by atoms with Crippen molar-refractivity contribution in [3.8, 4) is 0 Å². The van der Waals surface area contributed by atoms with Gasteiger partial charge in [0, 0.05) is 6.04 Å². The number of nitrogens with one attached hydrogen (secondary N) is 1. The molecule has 0 aromatic heterocycles. The third kappa shape index (κ3) is 4.41. The maximum absolute atomic E-state index is 12.2. The molecule has 5 nitrogen and oxygen atoms in total. The smallest absolute Gasteiger partial charge is 0.310 e. The Morgan fingerprint density at radius 3 is 2.38 bits per heavy atom. The molecular formula is C15H19NO4S. The maximum atomic E-state index is 12.2. The highest BCUT2D eigenvalue weighted by molar-refractivity contribution is 7.88. The number of hydrogen-bond donors (Lipinski definition) is 2. The Bertz CT molecular complexity index is 659. The summed E-state index contributed by atoms with van der Waals surface area (Å²) < 4.78 is 26.9. The lowest BCUT2D eigenvalue weighted by Crippen LogP contribution is -2.34. The summed E-state index contributed by atoms with van der Waals surface area (Å²) in [4.78, 5) is 10.9. The van der Waals surface area contributed by atoms with Crippen molar-refractivity contribution in [3.05, 3.63) is 47.0 Å². The van der Waals surface area contributed by atoms with Gasteiger partial charge in [-0.2, -0.15) is 0 Å². The maximum Gasteiger partial charge on any atom is 0.310 e. The number of sulfonamides is 1. The highest BCUT2D eigenvalue weighted by atomic mass is 32.2. The summed E-state index contributed by atoms with van der Waals surface area (Å²) in [6.07, 6.45) is 3.41. The lowest BCUT2D eigenvalue weighted by Gasteiger charge is -2.13. The second kappa shape index (κ2) is 5.99. The molecule has 2 atom stereocenters. The van der Waals surface area contributed by atoms with Crippen LogP contribution in [0.4, 0.5) is 0 Å². The molecule has 2 unspecified atom stereocenters. The van der Waals surface area contributed by atoms with Gasteiger partial charge < -0.3 is 5.11 Å². The van der Waals surface area contributed by atoms with Crippen LogP contribution < -0.4 is 4.72 Å². The average Bonchev–Trinajstić information content (AvgIpc) is 2.74. The minimum absolute atomic E-state index is 0.0996. The summed E-state index contributed by atoms with van der Waals surface area (Å²) >= 11 is 0. The van der Waals surface area contributed by atoms with Gasteiger partial charge in [0.1, 0.15) is 0 Å². The van der Waals surface area contributed by atoms with Crippen LogP contribution in [0.15, 0.2) is 30.4 Å². The Labute approximate surface area is 124 Å². The Morgan fingerprint density at radius 2 is 1.86 bits per heavy atom. The van der Waals surface area contributed by atoms with Crippen molar-refractivity contribution in [2.45, 2.75) is 32.1 Å². The first-order valence-electron chi connectivity index (χ1n) is 6.73. The van der Waals surface area contributed by atoms with Crippen molar-refractivity contribution in [2.75, 3.05) is 0 Å². The van der Waals surface area contributed by atoms with Gasteiger partial charge in [0.2, 0.25) is 10.0 Å². The van der Waals surface area contributed by atoms with Gasteiger partial charge >= 0.3 is 5.97 Å². The van der Waals surface area contributed by atoms with Crippen LogP contribution in [0.2, 0.25) is 0 Å². The molecule has 1 aliphatic rings. The molecule has 6 heteroatoms. The second-order valence-corrected chi connectivity index (χ2v) is 7.30. The fraction of sp³-hybridized carbons (Fsp3) is 0.400. The summed E-state index contributed by atoms with van der Waals surface area (Å²) in [5.74, 6) is -1.64. The van der Waals surface area contributed by atoms with Crippen LogP contribution in [0.3, 0.4) is 0 Å². The Morgan fingerprint density at radius 1 is 1.24 bits per heavy atom. The minimum atomic E-state index is -3.49. The van der Waals surface area contributed by atoms with E-state index in [-0.39, 0.29) is 12.2 Å². The first-order chi connectivity index (χ1) is 9.75. The predicted molar refractivity (Wildman–Crippen MR) is 80.3 cm³/mol. The minimum Gasteiger partial charge on any atom is -0.481 e. The normalized spacial score (nSPS) is 21.6. The lowest BCUT2D eigenvalue weighted by molar-refractivity contribution is -0.140. The van der Waals surface area contributed by atoms with Crippen molar-refractivity contribution in [3.63, 3.8) is 0 Å². The SMILES string of the molecule is Cc1cc(C)cc(CS(=O)(=O)NC2C=CC(C(=O)O)C2)c1. The van der Waals surface area contributed by atoms with E-state index in [0.29, 0.717) is 0 Å². The highest BCUT2D eigenvalue weighted by Gasteiger charge is 2.27. The van der Waals surface area contributed by atoms with Gasteiger partial charge in [-0.3, -0.25) is 4.79 Å². The van der Waals surface area contributed by atoms with E-state index in [4.69, 9.17) is 5.11 Å². The van der Waals surface area contributed by atoms with Crippen LogP contribution in [0.5, 0.6) is 0 Å². The van der Waals surface area contributed by atoms with E-state index in [1.54, 1.807) is 6.08 Å². The molecule has 0 spiro atoms. The molecule has 2 N–H and O–H groups in total. The molecule has 0 amide bonds. The summed E-state index contributed by atoms with van der Waals surface area (Å²) in [6.45, 7) is 3.85. The number of hydrogen-bond acceptors (Lipinski definition) is 3. The summed E-state index contributed by atoms with van der Waals surface area (Å²) in [6, 6.07) is 5.23. The molecule has 1 aromatic rings. The van der Waals surface area contributed by atoms with Crippen LogP contribution in [0.1, 0.15) is 23.1 Å².